The fourth-order valence-electron chi connectivity index (χ4n) is 4.34. The van der Waals surface area contributed by atoms with Crippen molar-refractivity contribution in [2.24, 2.45) is 0 Å². The maximum Gasteiger partial charge on any atom is 0.328 e. The average Bonchev–Trinajstić information content (AvgIpc) is 2.90. The molecule has 0 bridgehead atoms. The van der Waals surface area contributed by atoms with Crippen molar-refractivity contribution in [3.63, 3.8) is 0 Å². The van der Waals surface area contributed by atoms with Gasteiger partial charge in [0.2, 0.25) is 0 Å². The highest BCUT2D eigenvalue weighted by atomic mass is 35.5. The minimum absolute atomic E-state index is 0.0227. The van der Waals surface area contributed by atoms with Crippen LogP contribution in [0.3, 0.4) is 0 Å². The van der Waals surface area contributed by atoms with Gasteiger partial charge in [-0.15, -0.1) is 0 Å². The minimum atomic E-state index is -3.85. The van der Waals surface area contributed by atoms with Crippen molar-refractivity contribution in [2.75, 3.05) is 33.0 Å². The van der Waals surface area contributed by atoms with Crippen LogP contribution >= 0.6 is 11.6 Å². The molecule has 1 saturated heterocycles. The standard InChI is InChI=1S/C29H47ClF2O6/c1-5-9-17-34-21-24-25(35-18-10-6-2)26(36-19-11-7-3)27(37-20-12-8-4)29(33,38-24)28(31,32)22-13-15-23(30)16-14-22/h13-16,24-27,33H,5-12,17-21H2,1-4H3/t24-,25-,26+,27-,29-/m1/s1. The molecule has 2 rings (SSSR count). The Kier molecular flexibility index (Phi) is 15.0. The third-order valence-electron chi connectivity index (χ3n) is 6.70. The van der Waals surface area contributed by atoms with Crippen LogP contribution in [0.25, 0.3) is 0 Å². The molecule has 5 atom stereocenters. The Morgan fingerprint density at radius 3 is 1.87 bits per heavy atom. The zero-order chi connectivity index (χ0) is 28.0. The van der Waals surface area contributed by atoms with E-state index in [-0.39, 0.29) is 13.2 Å². The maximum absolute atomic E-state index is 16.3. The number of alkyl halides is 2. The predicted octanol–water partition coefficient (Wildman–Crippen LogP) is 6.89. The van der Waals surface area contributed by atoms with Gasteiger partial charge < -0.3 is 28.8 Å². The average molecular weight is 565 g/mol. The van der Waals surface area contributed by atoms with Gasteiger partial charge in [-0.1, -0.05) is 77.1 Å². The van der Waals surface area contributed by atoms with Crippen LogP contribution in [0.5, 0.6) is 0 Å². The van der Waals surface area contributed by atoms with Gasteiger partial charge in [0, 0.05) is 37.0 Å². The molecule has 0 unspecified atom stereocenters. The van der Waals surface area contributed by atoms with E-state index < -0.39 is 41.7 Å². The van der Waals surface area contributed by atoms with Gasteiger partial charge in [0.15, 0.2) is 0 Å². The fourth-order valence-corrected chi connectivity index (χ4v) is 4.47. The largest absolute Gasteiger partial charge is 0.379 e. The van der Waals surface area contributed by atoms with E-state index in [0.29, 0.717) is 31.3 Å². The lowest BCUT2D eigenvalue weighted by atomic mass is 9.85. The number of hydrogen-bond donors (Lipinski definition) is 1. The van der Waals surface area contributed by atoms with E-state index in [2.05, 4.69) is 0 Å². The van der Waals surface area contributed by atoms with Gasteiger partial charge in [-0.05, 0) is 37.8 Å². The van der Waals surface area contributed by atoms with Crippen molar-refractivity contribution >= 4 is 11.6 Å². The van der Waals surface area contributed by atoms with Crippen molar-refractivity contribution in [3.05, 3.63) is 34.9 Å². The molecule has 0 amide bonds. The summed E-state index contributed by atoms with van der Waals surface area (Å²) in [5.41, 5.74) is -0.434. The lowest BCUT2D eigenvalue weighted by Crippen LogP contribution is -2.72. The number of hydrogen-bond acceptors (Lipinski definition) is 6. The first kappa shape index (κ1) is 33.3. The van der Waals surface area contributed by atoms with Crippen LogP contribution in [0.1, 0.15) is 84.6 Å². The zero-order valence-corrected chi connectivity index (χ0v) is 24.2. The number of ether oxygens (including phenoxy) is 5. The first-order valence-corrected chi connectivity index (χ1v) is 14.6. The molecule has 1 aliphatic rings. The smallest absolute Gasteiger partial charge is 0.328 e. The van der Waals surface area contributed by atoms with Gasteiger partial charge >= 0.3 is 5.92 Å². The summed E-state index contributed by atoms with van der Waals surface area (Å²) in [6, 6.07) is 5.11. The lowest BCUT2D eigenvalue weighted by Gasteiger charge is -2.52. The molecule has 6 nitrogen and oxygen atoms in total. The summed E-state index contributed by atoms with van der Waals surface area (Å²) >= 11 is 5.96. The van der Waals surface area contributed by atoms with E-state index >= 15 is 8.78 Å². The molecule has 0 aliphatic carbocycles. The molecule has 0 radical (unpaired) electrons. The van der Waals surface area contributed by atoms with E-state index in [1.165, 1.54) is 24.3 Å². The topological polar surface area (TPSA) is 66.4 Å². The molecule has 1 aliphatic heterocycles. The van der Waals surface area contributed by atoms with Crippen LogP contribution in [0.15, 0.2) is 24.3 Å². The normalized spacial score (nSPS) is 26.1. The third kappa shape index (κ3) is 8.82. The Labute approximate surface area is 232 Å². The van der Waals surface area contributed by atoms with E-state index in [1.807, 2.05) is 27.7 Å². The molecule has 1 fully saturated rings. The number of unbranched alkanes of at least 4 members (excludes halogenated alkanes) is 4. The molecule has 1 N–H and O–H groups in total. The molecular formula is C29H47ClF2O6. The molecule has 0 saturated carbocycles. The monoisotopic (exact) mass is 564 g/mol. The van der Waals surface area contributed by atoms with Crippen LogP contribution in [0.2, 0.25) is 5.02 Å². The molecule has 220 valence electrons. The van der Waals surface area contributed by atoms with E-state index in [4.69, 9.17) is 35.3 Å². The van der Waals surface area contributed by atoms with Crippen LogP contribution in [-0.2, 0) is 29.6 Å². The summed E-state index contributed by atoms with van der Waals surface area (Å²) in [6.07, 6.45) is 2.20. The van der Waals surface area contributed by atoms with E-state index in [1.54, 1.807) is 0 Å². The highest BCUT2D eigenvalue weighted by Crippen LogP contribution is 2.48. The summed E-state index contributed by atoms with van der Waals surface area (Å²) in [6.45, 7) is 9.38. The van der Waals surface area contributed by atoms with Gasteiger partial charge in [-0.25, -0.2) is 0 Å². The highest BCUT2D eigenvalue weighted by Gasteiger charge is 2.68. The first-order chi connectivity index (χ1) is 18.3. The first-order valence-electron chi connectivity index (χ1n) is 14.2. The predicted molar refractivity (Wildman–Crippen MR) is 145 cm³/mol. The lowest BCUT2D eigenvalue weighted by molar-refractivity contribution is -0.426. The van der Waals surface area contributed by atoms with Crippen molar-refractivity contribution in [1.82, 2.24) is 0 Å². The molecule has 38 heavy (non-hydrogen) atoms. The van der Waals surface area contributed by atoms with Crippen LogP contribution in [0.4, 0.5) is 8.78 Å². The Balaban J connectivity index is 2.54. The molecule has 0 aromatic heterocycles. The second-order valence-electron chi connectivity index (χ2n) is 9.89. The molecule has 9 heteroatoms. The number of benzene rings is 1. The Morgan fingerprint density at radius 2 is 1.32 bits per heavy atom. The molecule has 1 aromatic rings. The van der Waals surface area contributed by atoms with E-state index in [9.17, 15) is 5.11 Å². The maximum atomic E-state index is 16.3. The van der Waals surface area contributed by atoms with Crippen LogP contribution < -0.4 is 0 Å². The Bertz CT molecular complexity index is 768. The zero-order valence-electron chi connectivity index (χ0n) is 23.4. The SMILES string of the molecule is CCCCOC[C@H]1O[C@@](O)(C(F)(F)c2ccc(Cl)cc2)[C@H](OCCCC)[C@@H](OCCCC)[C@@H]1OCCCC. The van der Waals surface area contributed by atoms with Crippen LogP contribution in [-0.4, -0.2) is 68.3 Å². The quantitative estimate of drug-likeness (QED) is 0.185. The van der Waals surface area contributed by atoms with Crippen LogP contribution in [0, 0.1) is 0 Å². The van der Waals surface area contributed by atoms with Crippen molar-refractivity contribution in [1.29, 1.82) is 0 Å². The Hall–Kier alpha value is -0.870. The molecular weight excluding hydrogens is 518 g/mol. The van der Waals surface area contributed by atoms with Crippen molar-refractivity contribution < 1.29 is 37.6 Å². The second-order valence-corrected chi connectivity index (χ2v) is 10.3. The molecule has 1 heterocycles. The van der Waals surface area contributed by atoms with E-state index in [0.717, 1.165) is 44.9 Å². The fraction of sp³-hybridized carbons (Fsp3) is 0.793. The minimum Gasteiger partial charge on any atom is -0.379 e. The number of rotatable bonds is 19. The van der Waals surface area contributed by atoms with Gasteiger partial charge in [-0.2, -0.15) is 8.78 Å². The summed E-state index contributed by atoms with van der Waals surface area (Å²) in [5.74, 6) is -6.88. The number of halogens is 3. The van der Waals surface area contributed by atoms with Crippen molar-refractivity contribution in [3.8, 4) is 0 Å². The number of aliphatic hydroxyl groups is 1. The van der Waals surface area contributed by atoms with Crippen molar-refractivity contribution in [2.45, 2.75) is 115 Å². The molecule has 0 spiro atoms. The summed E-state index contributed by atoms with van der Waals surface area (Å²) in [5, 5.41) is 12.2. The van der Waals surface area contributed by atoms with Gasteiger partial charge in [0.25, 0.3) is 5.79 Å². The summed E-state index contributed by atoms with van der Waals surface area (Å²) < 4.78 is 62.8. The second kappa shape index (κ2) is 17.1. The van der Waals surface area contributed by atoms with Gasteiger partial charge in [0.05, 0.1) is 6.61 Å². The molecule has 1 aromatic carbocycles. The third-order valence-corrected chi connectivity index (χ3v) is 6.95. The van der Waals surface area contributed by atoms with Gasteiger partial charge in [0.1, 0.15) is 24.4 Å². The summed E-state index contributed by atoms with van der Waals surface area (Å²) in [7, 11) is 0. The Morgan fingerprint density at radius 1 is 0.816 bits per heavy atom. The van der Waals surface area contributed by atoms with Gasteiger partial charge in [-0.3, -0.25) is 0 Å². The highest BCUT2D eigenvalue weighted by molar-refractivity contribution is 6.30. The summed E-state index contributed by atoms with van der Waals surface area (Å²) in [4.78, 5) is 0.